The summed E-state index contributed by atoms with van der Waals surface area (Å²) >= 11 is 0. The van der Waals surface area contributed by atoms with Crippen LogP contribution in [0.5, 0.6) is 0 Å². The predicted octanol–water partition coefficient (Wildman–Crippen LogP) is 3.14. The van der Waals surface area contributed by atoms with E-state index < -0.39 is 5.97 Å². The Labute approximate surface area is 118 Å². The fraction of sp³-hybridized carbons (Fsp3) is 0.353. The van der Waals surface area contributed by atoms with Crippen molar-refractivity contribution >= 4 is 16.7 Å². The molecule has 20 heavy (non-hydrogen) atoms. The molecule has 1 aliphatic rings. The van der Waals surface area contributed by atoms with Crippen LogP contribution in [-0.4, -0.2) is 29.1 Å². The third-order valence-electron chi connectivity index (χ3n) is 4.07. The topological polar surface area (TPSA) is 40.5 Å². The number of carboxylic acids is 1. The summed E-state index contributed by atoms with van der Waals surface area (Å²) in [6.07, 6.45) is 1.79. The molecule has 1 atom stereocenters. The third-order valence-corrected chi connectivity index (χ3v) is 4.07. The van der Waals surface area contributed by atoms with Crippen molar-refractivity contribution < 1.29 is 9.90 Å². The lowest BCUT2D eigenvalue weighted by molar-refractivity contribution is -0.143. The summed E-state index contributed by atoms with van der Waals surface area (Å²) in [6.45, 7) is 2.51. The van der Waals surface area contributed by atoms with Gasteiger partial charge in [-0.15, -0.1) is 0 Å². The van der Waals surface area contributed by atoms with Gasteiger partial charge in [0.2, 0.25) is 0 Å². The first-order chi connectivity index (χ1) is 9.72. The maximum absolute atomic E-state index is 11.1. The quantitative estimate of drug-likeness (QED) is 0.930. The van der Waals surface area contributed by atoms with E-state index in [1.165, 1.54) is 16.3 Å². The Balaban J connectivity index is 1.74. The minimum Gasteiger partial charge on any atom is -0.481 e. The molecule has 0 aliphatic carbocycles. The number of hydrogen-bond donors (Lipinski definition) is 1. The van der Waals surface area contributed by atoms with Gasteiger partial charge < -0.3 is 5.11 Å². The molecule has 0 unspecified atom stereocenters. The second kappa shape index (κ2) is 5.63. The zero-order valence-corrected chi connectivity index (χ0v) is 11.5. The summed E-state index contributed by atoms with van der Waals surface area (Å²) < 4.78 is 0. The summed E-state index contributed by atoms with van der Waals surface area (Å²) in [7, 11) is 0. The van der Waals surface area contributed by atoms with E-state index in [0.717, 1.165) is 25.9 Å². The average molecular weight is 269 g/mol. The molecule has 3 rings (SSSR count). The zero-order chi connectivity index (χ0) is 13.9. The second-order valence-electron chi connectivity index (χ2n) is 5.59. The highest BCUT2D eigenvalue weighted by Crippen LogP contribution is 2.21. The Morgan fingerprint density at radius 2 is 2.00 bits per heavy atom. The van der Waals surface area contributed by atoms with Crippen LogP contribution in [0, 0.1) is 5.92 Å². The molecular weight excluding hydrogens is 250 g/mol. The number of likely N-dealkylation sites (tertiary alicyclic amines) is 1. The minimum absolute atomic E-state index is 0.204. The number of carboxylic acid groups (broad SMARTS) is 1. The van der Waals surface area contributed by atoms with E-state index in [2.05, 4.69) is 35.2 Å². The van der Waals surface area contributed by atoms with Crippen molar-refractivity contribution in [2.24, 2.45) is 5.92 Å². The van der Waals surface area contributed by atoms with Crippen LogP contribution in [-0.2, 0) is 11.3 Å². The molecule has 0 bridgehead atoms. The van der Waals surface area contributed by atoms with Crippen LogP contribution in [0.4, 0.5) is 0 Å². The Bertz CT molecular complexity index is 623. The van der Waals surface area contributed by atoms with Gasteiger partial charge >= 0.3 is 5.97 Å². The number of aliphatic carboxylic acids is 1. The smallest absolute Gasteiger partial charge is 0.307 e. The molecule has 1 saturated heterocycles. The molecule has 0 amide bonds. The standard InChI is InChI=1S/C17H19NO2/c19-17(20)16-6-3-9-18(12-16)11-13-7-8-14-4-1-2-5-15(14)10-13/h1-2,4-5,7-8,10,16H,3,6,9,11-12H2,(H,19,20)/t16-/m0/s1. The summed E-state index contributed by atoms with van der Waals surface area (Å²) in [5.41, 5.74) is 1.26. The molecule has 1 aliphatic heterocycles. The van der Waals surface area contributed by atoms with E-state index in [1.54, 1.807) is 0 Å². The number of benzene rings is 2. The van der Waals surface area contributed by atoms with E-state index in [-0.39, 0.29) is 5.92 Å². The molecule has 0 radical (unpaired) electrons. The molecular formula is C17H19NO2. The lowest BCUT2D eigenvalue weighted by Gasteiger charge is -2.30. The summed E-state index contributed by atoms with van der Waals surface area (Å²) in [6, 6.07) is 14.8. The van der Waals surface area contributed by atoms with Crippen molar-refractivity contribution in [3.05, 3.63) is 48.0 Å². The first kappa shape index (κ1) is 13.1. The lowest BCUT2D eigenvalue weighted by Crippen LogP contribution is -2.38. The van der Waals surface area contributed by atoms with Gasteiger partial charge in [-0.1, -0.05) is 36.4 Å². The van der Waals surface area contributed by atoms with Crippen molar-refractivity contribution in [3.8, 4) is 0 Å². The van der Waals surface area contributed by atoms with E-state index in [1.807, 2.05) is 12.1 Å². The van der Waals surface area contributed by atoms with Crippen molar-refractivity contribution in [1.82, 2.24) is 4.90 Å². The van der Waals surface area contributed by atoms with Crippen LogP contribution in [0.25, 0.3) is 10.8 Å². The lowest BCUT2D eigenvalue weighted by atomic mass is 9.97. The maximum atomic E-state index is 11.1. The molecule has 3 nitrogen and oxygen atoms in total. The van der Waals surface area contributed by atoms with Gasteiger partial charge in [0.25, 0.3) is 0 Å². The minimum atomic E-state index is -0.659. The molecule has 1 heterocycles. The number of rotatable bonds is 3. The van der Waals surface area contributed by atoms with Gasteiger partial charge in [-0.25, -0.2) is 0 Å². The third kappa shape index (κ3) is 2.83. The van der Waals surface area contributed by atoms with Crippen molar-refractivity contribution in [2.45, 2.75) is 19.4 Å². The molecule has 104 valence electrons. The summed E-state index contributed by atoms with van der Waals surface area (Å²) in [5.74, 6) is -0.864. The number of hydrogen-bond acceptors (Lipinski definition) is 2. The van der Waals surface area contributed by atoms with Crippen molar-refractivity contribution in [2.75, 3.05) is 13.1 Å². The van der Waals surface area contributed by atoms with Gasteiger partial charge in [0, 0.05) is 13.1 Å². The van der Waals surface area contributed by atoms with E-state index in [9.17, 15) is 4.79 Å². The van der Waals surface area contributed by atoms with Crippen LogP contribution in [0.15, 0.2) is 42.5 Å². The highest BCUT2D eigenvalue weighted by atomic mass is 16.4. The number of fused-ring (bicyclic) bond motifs is 1. The first-order valence-corrected chi connectivity index (χ1v) is 7.15. The SMILES string of the molecule is O=C(O)[C@H]1CCCN(Cc2ccc3ccccc3c2)C1. The van der Waals surface area contributed by atoms with Gasteiger partial charge in [0.05, 0.1) is 5.92 Å². The molecule has 1 N–H and O–H groups in total. The highest BCUT2D eigenvalue weighted by molar-refractivity contribution is 5.82. The van der Waals surface area contributed by atoms with Gasteiger partial charge in [0.1, 0.15) is 0 Å². The van der Waals surface area contributed by atoms with E-state index in [4.69, 9.17) is 5.11 Å². The molecule has 2 aromatic rings. The number of carbonyl (C=O) groups is 1. The fourth-order valence-electron chi connectivity index (χ4n) is 3.00. The monoisotopic (exact) mass is 269 g/mol. The molecule has 1 fully saturated rings. The Morgan fingerprint density at radius 3 is 2.80 bits per heavy atom. The molecule has 0 saturated carbocycles. The summed E-state index contributed by atoms with van der Waals surface area (Å²) in [5, 5.41) is 11.6. The predicted molar refractivity (Wildman–Crippen MR) is 79.6 cm³/mol. The fourth-order valence-corrected chi connectivity index (χ4v) is 3.00. The second-order valence-corrected chi connectivity index (χ2v) is 5.59. The van der Waals surface area contributed by atoms with Crippen LogP contribution >= 0.6 is 0 Å². The van der Waals surface area contributed by atoms with E-state index in [0.29, 0.717) is 6.54 Å². The normalized spacial score (nSPS) is 20.1. The maximum Gasteiger partial charge on any atom is 0.307 e. The Morgan fingerprint density at radius 1 is 1.20 bits per heavy atom. The van der Waals surface area contributed by atoms with Crippen LogP contribution < -0.4 is 0 Å². The van der Waals surface area contributed by atoms with Gasteiger partial charge in [-0.3, -0.25) is 9.69 Å². The summed E-state index contributed by atoms with van der Waals surface area (Å²) in [4.78, 5) is 13.4. The van der Waals surface area contributed by atoms with Gasteiger partial charge in [-0.2, -0.15) is 0 Å². The number of piperidine rings is 1. The number of nitrogens with zero attached hydrogens (tertiary/aromatic N) is 1. The van der Waals surface area contributed by atoms with Crippen molar-refractivity contribution in [3.63, 3.8) is 0 Å². The Hall–Kier alpha value is -1.87. The van der Waals surface area contributed by atoms with Crippen LogP contribution in [0.3, 0.4) is 0 Å². The largest absolute Gasteiger partial charge is 0.481 e. The Kier molecular flexibility index (Phi) is 3.70. The van der Waals surface area contributed by atoms with E-state index >= 15 is 0 Å². The van der Waals surface area contributed by atoms with Crippen molar-refractivity contribution in [1.29, 1.82) is 0 Å². The first-order valence-electron chi connectivity index (χ1n) is 7.15. The van der Waals surface area contributed by atoms with Crippen LogP contribution in [0.2, 0.25) is 0 Å². The molecule has 3 heteroatoms. The van der Waals surface area contributed by atoms with Gasteiger partial charge in [-0.05, 0) is 41.8 Å². The van der Waals surface area contributed by atoms with Crippen LogP contribution in [0.1, 0.15) is 18.4 Å². The molecule has 0 aromatic heterocycles. The van der Waals surface area contributed by atoms with Gasteiger partial charge in [0.15, 0.2) is 0 Å². The average Bonchev–Trinajstić information content (AvgIpc) is 2.47. The molecule has 0 spiro atoms. The molecule has 2 aromatic carbocycles. The zero-order valence-electron chi connectivity index (χ0n) is 11.5. The highest BCUT2D eigenvalue weighted by Gasteiger charge is 2.25.